The molecule has 0 aliphatic heterocycles. The molecule has 6 heteroatoms. The molecule has 90 valence electrons. The highest BCUT2D eigenvalue weighted by Crippen LogP contribution is 1.98. The van der Waals surface area contributed by atoms with E-state index in [1.807, 2.05) is 18.3 Å². The molecule has 17 heavy (non-hydrogen) atoms. The summed E-state index contributed by atoms with van der Waals surface area (Å²) in [6.45, 7) is 2.04. The number of aliphatic hydroxyl groups excluding tert-OH is 1. The summed E-state index contributed by atoms with van der Waals surface area (Å²) in [6.07, 6.45) is 5.36. The predicted octanol–water partition coefficient (Wildman–Crippen LogP) is -0.0448. The zero-order chi connectivity index (χ0) is 11.9. The van der Waals surface area contributed by atoms with Gasteiger partial charge in [-0.25, -0.2) is 0 Å². The first kappa shape index (κ1) is 11.7. The van der Waals surface area contributed by atoms with Crippen molar-refractivity contribution < 1.29 is 5.11 Å². The van der Waals surface area contributed by atoms with Gasteiger partial charge in [-0.15, -0.1) is 0 Å². The minimum Gasteiger partial charge on any atom is -0.394 e. The van der Waals surface area contributed by atoms with E-state index in [1.165, 1.54) is 0 Å². The first-order valence-corrected chi connectivity index (χ1v) is 5.48. The van der Waals surface area contributed by atoms with Crippen molar-refractivity contribution in [2.75, 3.05) is 6.61 Å². The van der Waals surface area contributed by atoms with Crippen molar-refractivity contribution >= 4 is 0 Å². The summed E-state index contributed by atoms with van der Waals surface area (Å²) >= 11 is 0. The lowest BCUT2D eigenvalue weighted by atomic mass is 10.3. The highest BCUT2D eigenvalue weighted by molar-refractivity contribution is 5.04. The van der Waals surface area contributed by atoms with Gasteiger partial charge in [0.2, 0.25) is 0 Å². The Labute approximate surface area is 99.3 Å². The van der Waals surface area contributed by atoms with E-state index in [0.717, 1.165) is 17.8 Å². The molecule has 0 radical (unpaired) electrons. The van der Waals surface area contributed by atoms with Crippen molar-refractivity contribution in [3.63, 3.8) is 0 Å². The minimum absolute atomic E-state index is 0.105. The molecular formula is C11H15N5O. The smallest absolute Gasteiger partial charge is 0.0769 e. The number of hydrogen-bond donors (Lipinski definition) is 2. The highest BCUT2D eigenvalue weighted by atomic mass is 16.3. The van der Waals surface area contributed by atoms with Gasteiger partial charge in [0.1, 0.15) is 0 Å². The van der Waals surface area contributed by atoms with Gasteiger partial charge >= 0.3 is 0 Å². The predicted molar refractivity (Wildman–Crippen MR) is 61.9 cm³/mol. The van der Waals surface area contributed by atoms with Crippen LogP contribution >= 0.6 is 0 Å². The van der Waals surface area contributed by atoms with E-state index in [0.29, 0.717) is 13.1 Å². The molecule has 0 saturated heterocycles. The quantitative estimate of drug-likeness (QED) is 0.732. The summed E-state index contributed by atoms with van der Waals surface area (Å²) in [7, 11) is 0. The van der Waals surface area contributed by atoms with E-state index in [1.54, 1.807) is 17.1 Å². The Balaban J connectivity index is 1.78. The maximum Gasteiger partial charge on any atom is 0.0769 e. The van der Waals surface area contributed by atoms with Crippen LogP contribution in [0.3, 0.4) is 0 Å². The molecule has 0 aliphatic rings. The van der Waals surface area contributed by atoms with Gasteiger partial charge in [0.05, 0.1) is 25.0 Å². The van der Waals surface area contributed by atoms with Gasteiger partial charge in [-0.3, -0.25) is 4.68 Å². The Morgan fingerprint density at radius 1 is 1.35 bits per heavy atom. The van der Waals surface area contributed by atoms with Crippen LogP contribution in [0, 0.1) is 0 Å². The maximum atomic E-state index is 8.76. The van der Waals surface area contributed by atoms with Crippen molar-refractivity contribution in [2.45, 2.75) is 19.6 Å². The Bertz CT molecular complexity index is 442. The first-order valence-electron chi connectivity index (χ1n) is 5.48. The molecule has 0 unspecified atom stereocenters. The van der Waals surface area contributed by atoms with Gasteiger partial charge in [-0.2, -0.15) is 15.3 Å². The van der Waals surface area contributed by atoms with Crippen LogP contribution < -0.4 is 5.32 Å². The molecule has 2 rings (SSSR count). The number of nitrogens with one attached hydrogen (secondary N) is 1. The lowest BCUT2D eigenvalue weighted by Gasteiger charge is -2.01. The Kier molecular flexibility index (Phi) is 4.17. The van der Waals surface area contributed by atoms with Crippen molar-refractivity contribution in [1.29, 1.82) is 0 Å². The molecule has 0 amide bonds. The third kappa shape index (κ3) is 3.61. The van der Waals surface area contributed by atoms with E-state index in [2.05, 4.69) is 20.6 Å². The number of rotatable bonds is 6. The molecule has 0 saturated carbocycles. The average Bonchev–Trinajstić information content (AvgIpc) is 2.79. The Morgan fingerprint density at radius 3 is 3.06 bits per heavy atom. The summed E-state index contributed by atoms with van der Waals surface area (Å²) in [6, 6.07) is 3.79. The monoisotopic (exact) mass is 233 g/mol. The van der Waals surface area contributed by atoms with Crippen LogP contribution in [0.1, 0.15) is 11.3 Å². The summed E-state index contributed by atoms with van der Waals surface area (Å²) in [5.74, 6) is 0. The zero-order valence-electron chi connectivity index (χ0n) is 9.45. The van der Waals surface area contributed by atoms with Crippen LogP contribution in [0.15, 0.2) is 30.7 Å². The first-order chi connectivity index (χ1) is 8.38. The lowest BCUT2D eigenvalue weighted by molar-refractivity contribution is 0.269. The Morgan fingerprint density at radius 2 is 2.29 bits per heavy atom. The van der Waals surface area contributed by atoms with Crippen molar-refractivity contribution in [3.8, 4) is 0 Å². The molecule has 0 atom stereocenters. The summed E-state index contributed by atoms with van der Waals surface area (Å²) in [5.41, 5.74) is 2.00. The molecule has 2 aromatic heterocycles. The third-order valence-corrected chi connectivity index (χ3v) is 2.28. The van der Waals surface area contributed by atoms with Gasteiger partial charge in [0.15, 0.2) is 0 Å². The second-order valence-electron chi connectivity index (χ2n) is 3.65. The molecular weight excluding hydrogens is 218 g/mol. The van der Waals surface area contributed by atoms with E-state index in [9.17, 15) is 0 Å². The standard InChI is InChI=1S/C11H15N5O/c17-5-4-16-9-10(7-14-16)6-12-8-11-2-1-3-13-15-11/h1-3,7,9,12,17H,4-6,8H2. The van der Waals surface area contributed by atoms with Crippen LogP contribution in [0.25, 0.3) is 0 Å². The van der Waals surface area contributed by atoms with Crippen molar-refractivity contribution in [3.05, 3.63) is 42.0 Å². The van der Waals surface area contributed by atoms with Gasteiger partial charge in [0.25, 0.3) is 0 Å². The van der Waals surface area contributed by atoms with Crippen LogP contribution in [0.5, 0.6) is 0 Å². The second kappa shape index (κ2) is 6.07. The molecule has 0 fully saturated rings. The molecule has 2 N–H and O–H groups in total. The molecule has 0 aliphatic carbocycles. The fourth-order valence-corrected chi connectivity index (χ4v) is 1.49. The van der Waals surface area contributed by atoms with E-state index >= 15 is 0 Å². The topological polar surface area (TPSA) is 75.9 Å². The third-order valence-electron chi connectivity index (χ3n) is 2.28. The molecule has 0 aromatic carbocycles. The number of hydrogen-bond acceptors (Lipinski definition) is 5. The average molecular weight is 233 g/mol. The molecule has 0 spiro atoms. The van der Waals surface area contributed by atoms with Crippen LogP contribution in [-0.4, -0.2) is 31.7 Å². The second-order valence-corrected chi connectivity index (χ2v) is 3.65. The van der Waals surface area contributed by atoms with E-state index in [4.69, 9.17) is 5.11 Å². The van der Waals surface area contributed by atoms with E-state index in [-0.39, 0.29) is 6.61 Å². The Hall–Kier alpha value is -1.79. The van der Waals surface area contributed by atoms with Gasteiger partial charge in [0, 0.05) is 31.0 Å². The fourth-order valence-electron chi connectivity index (χ4n) is 1.49. The largest absolute Gasteiger partial charge is 0.394 e. The van der Waals surface area contributed by atoms with Gasteiger partial charge in [-0.05, 0) is 12.1 Å². The molecule has 0 bridgehead atoms. The molecule has 2 heterocycles. The normalized spacial score (nSPS) is 10.6. The van der Waals surface area contributed by atoms with Crippen molar-refractivity contribution in [2.24, 2.45) is 0 Å². The maximum absolute atomic E-state index is 8.76. The van der Waals surface area contributed by atoms with Gasteiger partial charge in [-0.1, -0.05) is 0 Å². The minimum atomic E-state index is 0.105. The number of aliphatic hydroxyl groups is 1. The summed E-state index contributed by atoms with van der Waals surface area (Å²) < 4.78 is 1.72. The van der Waals surface area contributed by atoms with E-state index < -0.39 is 0 Å². The van der Waals surface area contributed by atoms with Crippen LogP contribution in [0.4, 0.5) is 0 Å². The number of aromatic nitrogens is 4. The highest BCUT2D eigenvalue weighted by Gasteiger charge is 1.98. The number of nitrogens with zero attached hydrogens (tertiary/aromatic N) is 4. The van der Waals surface area contributed by atoms with Crippen LogP contribution in [-0.2, 0) is 19.6 Å². The van der Waals surface area contributed by atoms with Crippen molar-refractivity contribution in [1.82, 2.24) is 25.3 Å². The zero-order valence-corrected chi connectivity index (χ0v) is 9.45. The fraction of sp³-hybridized carbons (Fsp3) is 0.364. The SMILES string of the molecule is OCCn1cc(CNCc2cccnn2)cn1. The summed E-state index contributed by atoms with van der Waals surface area (Å²) in [4.78, 5) is 0. The van der Waals surface area contributed by atoms with Gasteiger partial charge < -0.3 is 10.4 Å². The lowest BCUT2D eigenvalue weighted by Crippen LogP contribution is -2.13. The summed E-state index contributed by atoms with van der Waals surface area (Å²) in [5, 5.41) is 23.9. The van der Waals surface area contributed by atoms with Crippen LogP contribution in [0.2, 0.25) is 0 Å². The molecule has 6 nitrogen and oxygen atoms in total. The molecule has 2 aromatic rings.